The van der Waals surface area contributed by atoms with Crippen molar-refractivity contribution in [3.63, 3.8) is 0 Å². The van der Waals surface area contributed by atoms with Gasteiger partial charge in [-0.3, -0.25) is 4.79 Å². The van der Waals surface area contributed by atoms with Crippen LogP contribution in [0.3, 0.4) is 0 Å². The molecule has 0 radical (unpaired) electrons. The van der Waals surface area contributed by atoms with Gasteiger partial charge in [-0.25, -0.2) is 8.64 Å². The van der Waals surface area contributed by atoms with E-state index < -0.39 is 14.5 Å². The molecule has 0 heterocycles. The van der Waals surface area contributed by atoms with Crippen molar-refractivity contribution in [3.8, 4) is 6.07 Å². The highest BCUT2D eigenvalue weighted by atomic mass is 32.2. The Labute approximate surface area is 120 Å². The number of nitriles is 1. The van der Waals surface area contributed by atoms with E-state index in [0.29, 0.717) is 25.4 Å². The molecule has 0 amide bonds. The van der Waals surface area contributed by atoms with Gasteiger partial charge in [-0.2, -0.15) is 5.26 Å². The second-order valence-corrected chi connectivity index (χ2v) is 6.36. The fraction of sp³-hybridized carbons (Fsp3) is 0.818. The largest absolute Gasteiger partial charge is 0.364 e. The van der Waals surface area contributed by atoms with Crippen LogP contribution in [0.4, 0.5) is 0 Å². The molecule has 0 fully saturated rings. The first-order chi connectivity index (χ1) is 8.90. The van der Waals surface area contributed by atoms with E-state index in [9.17, 15) is 4.79 Å². The molecule has 0 aromatic rings. The molecule has 0 aliphatic carbocycles. The molecule has 0 saturated heterocycles. The average molecular weight is 308 g/mol. The van der Waals surface area contributed by atoms with Crippen LogP contribution in [0.15, 0.2) is 0 Å². The maximum Gasteiger partial charge on any atom is 0.316 e. The van der Waals surface area contributed by atoms with Gasteiger partial charge < -0.3 is 8.71 Å². The third-order valence-corrected chi connectivity index (χ3v) is 4.67. The number of nitrogens with zero attached hydrogens (tertiary/aromatic N) is 2. The third-order valence-electron chi connectivity index (χ3n) is 1.91. The van der Waals surface area contributed by atoms with Gasteiger partial charge in [0.05, 0.1) is 19.1 Å². The van der Waals surface area contributed by atoms with Gasteiger partial charge in [0.25, 0.3) is 8.53 Å². The van der Waals surface area contributed by atoms with Crippen LogP contribution in [0.2, 0.25) is 0 Å². The Kier molecular flexibility index (Phi) is 10.2. The molecular formula is C11H21N2O4PS. The first-order valence-electron chi connectivity index (χ1n) is 6.00. The summed E-state index contributed by atoms with van der Waals surface area (Å²) in [5.74, 6) is -0.433. The molecule has 0 rings (SSSR count). The summed E-state index contributed by atoms with van der Waals surface area (Å²) in [5, 5.41) is 8.53. The highest BCUT2D eigenvalue weighted by molar-refractivity contribution is 7.93. The highest BCUT2D eigenvalue weighted by Gasteiger charge is 2.28. The minimum Gasteiger partial charge on any atom is -0.364 e. The summed E-state index contributed by atoms with van der Waals surface area (Å²) in [7, 11) is -1.38. The lowest BCUT2D eigenvalue weighted by atomic mass is 10.3. The number of rotatable bonds is 9. The Hall–Kier alpha value is -0.380. The Morgan fingerprint density at radius 1 is 1.37 bits per heavy atom. The molecule has 1 unspecified atom stereocenters. The predicted molar refractivity (Wildman–Crippen MR) is 75.7 cm³/mol. The van der Waals surface area contributed by atoms with Crippen molar-refractivity contribution in [1.82, 2.24) is 4.67 Å². The molecule has 0 aliphatic rings. The number of hydrogen-bond acceptors (Lipinski definition) is 7. The molecule has 110 valence electrons. The van der Waals surface area contributed by atoms with Gasteiger partial charge in [0, 0.05) is 19.0 Å². The monoisotopic (exact) mass is 308 g/mol. The van der Waals surface area contributed by atoms with Crippen molar-refractivity contribution in [2.75, 3.05) is 6.61 Å². The zero-order valence-electron chi connectivity index (χ0n) is 12.0. The van der Waals surface area contributed by atoms with Crippen molar-refractivity contribution in [2.45, 2.75) is 53.1 Å². The average Bonchev–Trinajstić information content (AvgIpc) is 2.27. The van der Waals surface area contributed by atoms with Crippen molar-refractivity contribution in [2.24, 2.45) is 0 Å². The van der Waals surface area contributed by atoms with Crippen molar-refractivity contribution in [3.05, 3.63) is 0 Å². The van der Waals surface area contributed by atoms with Crippen LogP contribution in [0.25, 0.3) is 0 Å². The highest BCUT2D eigenvalue weighted by Crippen LogP contribution is 2.49. The van der Waals surface area contributed by atoms with Gasteiger partial charge in [-0.05, 0) is 27.7 Å². The van der Waals surface area contributed by atoms with Crippen LogP contribution in [-0.4, -0.2) is 29.3 Å². The molecule has 0 bridgehead atoms. The molecule has 0 aromatic heterocycles. The Morgan fingerprint density at radius 3 is 2.37 bits per heavy atom. The maximum atomic E-state index is 10.7. The second-order valence-electron chi connectivity index (χ2n) is 4.26. The Morgan fingerprint density at radius 2 is 1.95 bits per heavy atom. The lowest BCUT2D eigenvalue weighted by Crippen LogP contribution is -2.33. The minimum absolute atomic E-state index is 0.214. The molecule has 19 heavy (non-hydrogen) atoms. The van der Waals surface area contributed by atoms with E-state index in [1.807, 2.05) is 38.4 Å². The van der Waals surface area contributed by atoms with Crippen molar-refractivity contribution < 1.29 is 17.5 Å². The molecule has 0 aromatic carbocycles. The number of carbonyl (C=O) groups is 1. The fourth-order valence-electron chi connectivity index (χ4n) is 1.36. The van der Waals surface area contributed by atoms with Crippen molar-refractivity contribution in [1.29, 1.82) is 5.26 Å². The lowest BCUT2D eigenvalue weighted by Gasteiger charge is -2.34. The van der Waals surface area contributed by atoms with Gasteiger partial charge in [-0.1, -0.05) is 0 Å². The second kappa shape index (κ2) is 10.4. The van der Waals surface area contributed by atoms with Gasteiger partial charge in [0.15, 0.2) is 0 Å². The molecule has 8 heteroatoms. The smallest absolute Gasteiger partial charge is 0.316 e. The molecular weight excluding hydrogens is 287 g/mol. The van der Waals surface area contributed by atoms with Crippen LogP contribution >= 0.6 is 20.8 Å². The van der Waals surface area contributed by atoms with Gasteiger partial charge in [0.2, 0.25) is 12.3 Å². The Bertz CT molecular complexity index is 302. The molecule has 6 nitrogen and oxygen atoms in total. The van der Waals surface area contributed by atoms with Gasteiger partial charge in [0.1, 0.15) is 0 Å². The number of hydrogen-bond donors (Lipinski definition) is 0. The zero-order valence-corrected chi connectivity index (χ0v) is 13.7. The number of carbonyl (C=O) groups excluding carboxylic acids is 1. The first kappa shape index (κ1) is 18.6. The fourth-order valence-corrected chi connectivity index (χ4v) is 3.40. The summed E-state index contributed by atoms with van der Waals surface area (Å²) in [6.45, 7) is 9.72. The van der Waals surface area contributed by atoms with Crippen molar-refractivity contribution >= 4 is 26.8 Å². The molecule has 0 spiro atoms. The van der Waals surface area contributed by atoms with Crippen LogP contribution < -0.4 is 0 Å². The predicted octanol–water partition coefficient (Wildman–Crippen LogP) is 3.41. The SMILES string of the molecule is CC(=O)OSOP(OCCC#N)N(C(C)C)C(C)C. The Balaban J connectivity index is 4.52. The maximum absolute atomic E-state index is 10.7. The summed E-state index contributed by atoms with van der Waals surface area (Å²) in [4.78, 5) is 10.7. The zero-order chi connectivity index (χ0) is 14.8. The van der Waals surface area contributed by atoms with E-state index in [1.165, 1.54) is 6.92 Å². The summed E-state index contributed by atoms with van der Waals surface area (Å²) in [6, 6.07) is 2.44. The molecule has 0 aliphatic heterocycles. The van der Waals surface area contributed by atoms with Gasteiger partial charge in [-0.15, -0.1) is 0 Å². The van der Waals surface area contributed by atoms with Crippen LogP contribution in [0.1, 0.15) is 41.0 Å². The van der Waals surface area contributed by atoms with Crippen LogP contribution in [0, 0.1) is 11.3 Å². The molecule has 0 saturated carbocycles. The minimum atomic E-state index is -1.38. The van der Waals surface area contributed by atoms with E-state index in [1.54, 1.807) is 0 Å². The lowest BCUT2D eigenvalue weighted by molar-refractivity contribution is -0.130. The van der Waals surface area contributed by atoms with Gasteiger partial charge >= 0.3 is 5.97 Å². The van der Waals surface area contributed by atoms with E-state index in [2.05, 4.69) is 4.18 Å². The standard InChI is InChI=1S/C11H21N2O4PS/c1-9(2)13(10(3)4)18(15-8-6-7-12)17-19-16-11(5)14/h9-10H,6,8H2,1-5H3. The summed E-state index contributed by atoms with van der Waals surface area (Å²) in [5.41, 5.74) is 0. The third kappa shape index (κ3) is 8.40. The quantitative estimate of drug-likeness (QED) is 0.367. The normalized spacial score (nSPS) is 12.8. The van der Waals surface area contributed by atoms with E-state index in [-0.39, 0.29) is 12.1 Å². The topological polar surface area (TPSA) is 71.8 Å². The van der Waals surface area contributed by atoms with E-state index in [0.717, 1.165) is 0 Å². The van der Waals surface area contributed by atoms with Crippen LogP contribution in [0.5, 0.6) is 0 Å². The summed E-state index contributed by atoms with van der Waals surface area (Å²) in [6.07, 6.45) is 0.296. The first-order valence-corrected chi connectivity index (χ1v) is 7.80. The molecule has 0 N–H and O–H groups in total. The molecule has 1 atom stereocenters. The summed E-state index contributed by atoms with van der Waals surface area (Å²) >= 11 is 0.620. The van der Waals surface area contributed by atoms with E-state index in [4.69, 9.17) is 13.8 Å². The van der Waals surface area contributed by atoms with Crippen LogP contribution in [-0.2, 0) is 17.5 Å². The summed E-state index contributed by atoms with van der Waals surface area (Å²) < 4.78 is 17.7. The van der Waals surface area contributed by atoms with E-state index >= 15 is 0 Å².